The molecule has 2 rings (SSSR count). The highest BCUT2D eigenvalue weighted by molar-refractivity contribution is 5.88. The average Bonchev–Trinajstić information content (AvgIpc) is 2.74. The van der Waals surface area contributed by atoms with Gasteiger partial charge in [0, 0.05) is 28.4 Å². The minimum absolute atomic E-state index is 0.0181. The monoisotopic (exact) mass is 331 g/mol. The Morgan fingerprint density at radius 1 is 1.13 bits per heavy atom. The molecule has 3 nitrogen and oxygen atoms in total. The Kier molecular flexibility index (Phi) is 3.67. The van der Waals surface area contributed by atoms with Crippen LogP contribution in [-0.2, 0) is 11.5 Å². The van der Waals surface area contributed by atoms with Gasteiger partial charge in [-0.2, -0.15) is 27.2 Å². The number of aromatic nitrogens is 2. The number of halogens is 5. The van der Waals surface area contributed by atoms with Crippen LogP contribution in [-0.4, -0.2) is 15.7 Å². The largest absolute Gasteiger partial charge is 0.458 e. The number of hydrogen-bond acceptors (Lipinski definition) is 2. The van der Waals surface area contributed by atoms with Crippen LogP contribution >= 0.6 is 0 Å². The van der Waals surface area contributed by atoms with Crippen LogP contribution in [0.1, 0.15) is 37.6 Å². The van der Waals surface area contributed by atoms with Crippen molar-refractivity contribution in [2.24, 2.45) is 0 Å². The van der Waals surface area contributed by atoms with E-state index < -0.39 is 28.6 Å². The maximum absolute atomic E-state index is 13.9. The van der Waals surface area contributed by atoms with E-state index in [-0.39, 0.29) is 16.9 Å². The summed E-state index contributed by atoms with van der Waals surface area (Å²) in [4.78, 5) is 4.08. The Morgan fingerprint density at radius 3 is 2.13 bits per heavy atom. The van der Waals surface area contributed by atoms with E-state index in [9.17, 15) is 22.0 Å². The summed E-state index contributed by atoms with van der Waals surface area (Å²) in [6, 6.07) is 2.37. The van der Waals surface area contributed by atoms with Gasteiger partial charge in [-0.1, -0.05) is 0 Å². The van der Waals surface area contributed by atoms with Crippen LogP contribution in [0.25, 0.3) is 11.0 Å². The highest BCUT2D eigenvalue weighted by Gasteiger charge is 2.59. The number of nitrogens with zero attached hydrogens (tertiary/aromatic N) is 3. The number of aryl methyl sites for hydroxylation is 1. The maximum Gasteiger partial charge on any atom is 0.458 e. The molecule has 0 radical (unpaired) electrons. The molecule has 23 heavy (non-hydrogen) atoms. The molecule has 0 amide bonds. The molecule has 0 saturated heterocycles. The molecule has 0 aliphatic carbocycles. The first kappa shape index (κ1) is 17.2. The van der Waals surface area contributed by atoms with Gasteiger partial charge in [0.05, 0.1) is 5.56 Å². The Labute approximate surface area is 129 Å². The Hall–Kier alpha value is -2.17. The standard InChI is InChI=1S/C15H14F5N3/c1-8-5-10(14(16,17)15(18,19)20)11-9(6-21)7-23(12(11)22-8)13(2,3)4/h5,7H,1-4H3. The zero-order valence-electron chi connectivity index (χ0n) is 12.9. The summed E-state index contributed by atoms with van der Waals surface area (Å²) in [5.74, 6) is -5.07. The molecular weight excluding hydrogens is 317 g/mol. The van der Waals surface area contributed by atoms with E-state index in [1.54, 1.807) is 26.8 Å². The normalized spacial score (nSPS) is 13.4. The summed E-state index contributed by atoms with van der Waals surface area (Å²) >= 11 is 0. The summed E-state index contributed by atoms with van der Waals surface area (Å²) in [7, 11) is 0. The van der Waals surface area contributed by atoms with Crippen molar-refractivity contribution < 1.29 is 22.0 Å². The highest BCUT2D eigenvalue weighted by atomic mass is 19.4. The fourth-order valence-electron chi connectivity index (χ4n) is 2.35. The molecule has 0 bridgehead atoms. The summed E-state index contributed by atoms with van der Waals surface area (Å²) in [6.45, 7) is 6.54. The van der Waals surface area contributed by atoms with E-state index >= 15 is 0 Å². The van der Waals surface area contributed by atoms with Gasteiger partial charge in [0.15, 0.2) is 0 Å². The van der Waals surface area contributed by atoms with E-state index in [0.717, 1.165) is 0 Å². The molecule has 124 valence electrons. The van der Waals surface area contributed by atoms with Crippen LogP contribution in [0.3, 0.4) is 0 Å². The van der Waals surface area contributed by atoms with Crippen LogP contribution < -0.4 is 0 Å². The maximum atomic E-state index is 13.9. The van der Waals surface area contributed by atoms with Gasteiger partial charge < -0.3 is 4.57 Å². The second kappa shape index (κ2) is 4.91. The zero-order chi connectivity index (χ0) is 17.8. The van der Waals surface area contributed by atoms with Crippen LogP contribution in [0.4, 0.5) is 22.0 Å². The SMILES string of the molecule is Cc1cc(C(F)(F)C(F)(F)F)c2c(C#N)cn(C(C)(C)C)c2n1. The molecule has 0 aliphatic rings. The number of nitriles is 1. The molecule has 0 N–H and O–H groups in total. The van der Waals surface area contributed by atoms with Gasteiger partial charge >= 0.3 is 12.1 Å². The van der Waals surface area contributed by atoms with Crippen molar-refractivity contribution in [2.75, 3.05) is 0 Å². The Bertz CT molecular complexity index is 804. The van der Waals surface area contributed by atoms with Crippen molar-refractivity contribution in [3.63, 3.8) is 0 Å². The van der Waals surface area contributed by atoms with Crippen LogP contribution in [0.15, 0.2) is 12.3 Å². The van der Waals surface area contributed by atoms with E-state index in [4.69, 9.17) is 5.26 Å². The second-order valence-corrected chi connectivity index (χ2v) is 6.28. The Morgan fingerprint density at radius 2 is 1.70 bits per heavy atom. The van der Waals surface area contributed by atoms with Crippen LogP contribution in [0.2, 0.25) is 0 Å². The molecule has 2 aromatic heterocycles. The van der Waals surface area contributed by atoms with Crippen molar-refractivity contribution in [3.05, 3.63) is 29.1 Å². The molecule has 0 aromatic carbocycles. The lowest BCUT2D eigenvalue weighted by Gasteiger charge is -2.24. The molecule has 0 unspecified atom stereocenters. The van der Waals surface area contributed by atoms with Gasteiger partial charge in [-0.25, -0.2) is 4.98 Å². The second-order valence-electron chi connectivity index (χ2n) is 6.28. The lowest BCUT2D eigenvalue weighted by molar-refractivity contribution is -0.288. The number of alkyl halides is 5. The molecular formula is C15H14F5N3. The summed E-state index contributed by atoms with van der Waals surface area (Å²) in [6.07, 6.45) is -4.50. The molecule has 0 saturated carbocycles. The summed E-state index contributed by atoms with van der Waals surface area (Å²) in [5.41, 5.74) is -2.19. The zero-order valence-corrected chi connectivity index (χ0v) is 12.9. The van der Waals surface area contributed by atoms with E-state index in [1.165, 1.54) is 17.7 Å². The van der Waals surface area contributed by atoms with Gasteiger partial charge in [0.2, 0.25) is 0 Å². The fourth-order valence-corrected chi connectivity index (χ4v) is 2.35. The van der Waals surface area contributed by atoms with Crippen LogP contribution in [0, 0.1) is 18.3 Å². The molecule has 2 aromatic rings. The first-order chi connectivity index (χ1) is 10.3. The van der Waals surface area contributed by atoms with E-state index in [2.05, 4.69) is 4.98 Å². The van der Waals surface area contributed by atoms with Crippen molar-refractivity contribution in [1.82, 2.24) is 9.55 Å². The van der Waals surface area contributed by atoms with Gasteiger partial charge in [0.25, 0.3) is 0 Å². The number of rotatable bonds is 1. The minimum Gasteiger partial charge on any atom is -0.326 e. The van der Waals surface area contributed by atoms with Gasteiger partial charge in [0.1, 0.15) is 11.7 Å². The quantitative estimate of drug-likeness (QED) is 0.715. The first-order valence-corrected chi connectivity index (χ1v) is 6.69. The smallest absolute Gasteiger partial charge is 0.326 e. The first-order valence-electron chi connectivity index (χ1n) is 6.69. The average molecular weight is 331 g/mol. The van der Waals surface area contributed by atoms with Gasteiger partial charge in [-0.3, -0.25) is 0 Å². The third-order valence-electron chi connectivity index (χ3n) is 3.42. The number of pyridine rings is 1. The molecule has 0 atom stereocenters. The third-order valence-corrected chi connectivity index (χ3v) is 3.42. The third kappa shape index (κ3) is 2.64. The molecule has 2 heterocycles. The molecule has 0 aliphatic heterocycles. The summed E-state index contributed by atoms with van der Waals surface area (Å²) < 4.78 is 67.7. The molecule has 0 fully saturated rings. The van der Waals surface area contributed by atoms with Crippen LogP contribution in [0.5, 0.6) is 0 Å². The predicted octanol–water partition coefficient (Wildman–Crippen LogP) is 4.63. The molecule has 8 heteroatoms. The van der Waals surface area contributed by atoms with Crippen molar-refractivity contribution in [2.45, 2.75) is 45.3 Å². The van der Waals surface area contributed by atoms with Crippen molar-refractivity contribution in [1.29, 1.82) is 5.26 Å². The number of fused-ring (bicyclic) bond motifs is 1. The van der Waals surface area contributed by atoms with Crippen molar-refractivity contribution >= 4 is 11.0 Å². The topological polar surface area (TPSA) is 41.6 Å². The van der Waals surface area contributed by atoms with E-state index in [1.807, 2.05) is 0 Å². The lowest BCUT2D eigenvalue weighted by Crippen LogP contribution is -2.34. The van der Waals surface area contributed by atoms with Gasteiger partial charge in [-0.15, -0.1) is 0 Å². The Balaban J connectivity index is 2.99. The highest BCUT2D eigenvalue weighted by Crippen LogP contribution is 2.47. The summed E-state index contributed by atoms with van der Waals surface area (Å²) in [5, 5.41) is 8.70. The minimum atomic E-state index is -5.76. The lowest BCUT2D eigenvalue weighted by atomic mass is 10.0. The van der Waals surface area contributed by atoms with E-state index in [0.29, 0.717) is 6.07 Å². The predicted molar refractivity (Wildman–Crippen MR) is 74.1 cm³/mol. The van der Waals surface area contributed by atoms with Gasteiger partial charge in [-0.05, 0) is 33.8 Å². The fraction of sp³-hybridized carbons (Fsp3) is 0.467. The number of hydrogen-bond donors (Lipinski definition) is 0. The van der Waals surface area contributed by atoms with Crippen molar-refractivity contribution in [3.8, 4) is 6.07 Å². The molecule has 0 spiro atoms.